The predicted molar refractivity (Wildman–Crippen MR) is 80.8 cm³/mol. The molecule has 0 N–H and O–H groups in total. The third-order valence-electron chi connectivity index (χ3n) is 3.16. The van der Waals surface area contributed by atoms with E-state index in [2.05, 4.69) is 9.58 Å². The molecule has 8 heteroatoms. The van der Waals surface area contributed by atoms with Crippen molar-refractivity contribution in [3.63, 3.8) is 0 Å². The van der Waals surface area contributed by atoms with Gasteiger partial charge in [0, 0.05) is 0 Å². The third kappa shape index (κ3) is 4.06. The van der Waals surface area contributed by atoms with Crippen molar-refractivity contribution in [2.75, 3.05) is 0 Å². The molecule has 1 unspecified atom stereocenters. The average molecular weight is 355 g/mol. The third-order valence-corrected chi connectivity index (χ3v) is 5.05. The van der Waals surface area contributed by atoms with Crippen molar-refractivity contribution in [3.8, 4) is 5.75 Å². The maximum Gasteiger partial charge on any atom is 0.573 e. The van der Waals surface area contributed by atoms with Crippen LogP contribution in [-0.4, -0.2) is 14.8 Å². The average Bonchev–Trinajstić information content (AvgIpc) is 2.48. The van der Waals surface area contributed by atoms with Gasteiger partial charge in [-0.05, 0) is 43.3 Å². The smallest absolute Gasteiger partial charge is 0.406 e. The highest BCUT2D eigenvalue weighted by Crippen LogP contribution is 2.32. The minimum Gasteiger partial charge on any atom is -0.406 e. The number of benzene rings is 2. The van der Waals surface area contributed by atoms with Crippen LogP contribution in [0.2, 0.25) is 0 Å². The van der Waals surface area contributed by atoms with E-state index in [0.717, 1.165) is 29.8 Å². The van der Waals surface area contributed by atoms with Gasteiger partial charge in [-0.3, -0.25) is 4.85 Å². The van der Waals surface area contributed by atoms with Crippen molar-refractivity contribution in [2.24, 2.45) is 0 Å². The van der Waals surface area contributed by atoms with Gasteiger partial charge >= 0.3 is 11.7 Å². The van der Waals surface area contributed by atoms with Gasteiger partial charge in [-0.15, -0.1) is 13.2 Å². The number of halogens is 3. The van der Waals surface area contributed by atoms with Crippen LogP contribution in [0.4, 0.5) is 13.2 Å². The maximum atomic E-state index is 12.6. The molecule has 0 aliphatic rings. The van der Waals surface area contributed by atoms with Crippen molar-refractivity contribution < 1.29 is 26.3 Å². The highest BCUT2D eigenvalue weighted by molar-refractivity contribution is 7.91. The number of alkyl halides is 3. The van der Waals surface area contributed by atoms with Crippen molar-refractivity contribution in [1.29, 1.82) is 0 Å². The zero-order valence-electron chi connectivity index (χ0n) is 12.4. The molecule has 0 amide bonds. The Kier molecular flexibility index (Phi) is 4.85. The Morgan fingerprint density at radius 1 is 1.04 bits per heavy atom. The van der Waals surface area contributed by atoms with Crippen LogP contribution in [0.25, 0.3) is 4.85 Å². The summed E-state index contributed by atoms with van der Waals surface area (Å²) >= 11 is 0. The fourth-order valence-corrected chi connectivity index (χ4v) is 3.44. The standard InChI is InChI=1S/C16H12F3NO3S/c1-11-3-9-14(10-4-11)24(21,22)15(20-2)12-5-7-13(8-6-12)23-16(17,18)19/h3-10,15H,1H3. The van der Waals surface area contributed by atoms with Crippen LogP contribution in [0.5, 0.6) is 5.75 Å². The number of aryl methyl sites for hydroxylation is 1. The molecule has 0 aliphatic carbocycles. The predicted octanol–water partition coefficient (Wildman–Crippen LogP) is 4.29. The molecule has 0 spiro atoms. The zero-order chi connectivity index (χ0) is 18.0. The van der Waals surface area contributed by atoms with Crippen molar-refractivity contribution in [2.45, 2.75) is 23.6 Å². The largest absolute Gasteiger partial charge is 0.573 e. The maximum absolute atomic E-state index is 12.6. The first-order valence-electron chi connectivity index (χ1n) is 6.66. The van der Waals surface area contributed by atoms with Crippen LogP contribution < -0.4 is 4.74 Å². The summed E-state index contributed by atoms with van der Waals surface area (Å²) in [7, 11) is -3.99. The van der Waals surface area contributed by atoms with E-state index in [4.69, 9.17) is 6.57 Å². The molecule has 2 rings (SSSR count). The lowest BCUT2D eigenvalue weighted by Gasteiger charge is -2.11. The van der Waals surface area contributed by atoms with E-state index in [1.807, 2.05) is 0 Å². The van der Waals surface area contributed by atoms with Gasteiger partial charge in [0.25, 0.3) is 9.84 Å². The van der Waals surface area contributed by atoms with Gasteiger partial charge in [0.2, 0.25) is 0 Å². The normalized spacial score (nSPS) is 13.1. The molecule has 0 heterocycles. The molecule has 2 aromatic rings. The van der Waals surface area contributed by atoms with Gasteiger partial charge in [0.15, 0.2) is 0 Å². The van der Waals surface area contributed by atoms with Crippen LogP contribution in [-0.2, 0) is 9.84 Å². The van der Waals surface area contributed by atoms with Crippen LogP contribution in [0.3, 0.4) is 0 Å². The molecule has 2 aromatic carbocycles. The van der Waals surface area contributed by atoms with Crippen molar-refractivity contribution in [3.05, 3.63) is 71.1 Å². The molecular weight excluding hydrogens is 343 g/mol. The summed E-state index contributed by atoms with van der Waals surface area (Å²) in [6.07, 6.45) is -4.84. The van der Waals surface area contributed by atoms with E-state index < -0.39 is 27.3 Å². The number of hydrogen-bond acceptors (Lipinski definition) is 3. The number of ether oxygens (including phenoxy) is 1. The fraction of sp³-hybridized carbons (Fsp3) is 0.188. The van der Waals surface area contributed by atoms with Crippen LogP contribution in [0, 0.1) is 13.5 Å². The molecule has 24 heavy (non-hydrogen) atoms. The number of hydrogen-bond donors (Lipinski definition) is 0. The molecule has 126 valence electrons. The van der Waals surface area contributed by atoms with Gasteiger partial charge in [-0.1, -0.05) is 17.7 Å². The van der Waals surface area contributed by atoms with E-state index in [-0.39, 0.29) is 10.5 Å². The van der Waals surface area contributed by atoms with E-state index in [9.17, 15) is 21.6 Å². The Morgan fingerprint density at radius 2 is 1.58 bits per heavy atom. The van der Waals surface area contributed by atoms with E-state index in [1.165, 1.54) is 12.1 Å². The minimum absolute atomic E-state index is 0.0234. The number of nitrogens with zero attached hydrogens (tertiary/aromatic N) is 1. The highest BCUT2D eigenvalue weighted by atomic mass is 32.2. The van der Waals surface area contributed by atoms with Gasteiger partial charge in [-0.2, -0.15) is 0 Å². The number of sulfone groups is 1. The topological polar surface area (TPSA) is 47.7 Å². The van der Waals surface area contributed by atoms with Crippen molar-refractivity contribution in [1.82, 2.24) is 0 Å². The molecule has 0 radical (unpaired) electrons. The van der Waals surface area contributed by atoms with E-state index in [0.29, 0.717) is 0 Å². The summed E-state index contributed by atoms with van der Waals surface area (Å²) in [4.78, 5) is 3.11. The SMILES string of the molecule is [C-]#[N+]C(c1ccc(OC(F)(F)F)cc1)S(=O)(=O)c1ccc(C)cc1. The first-order chi connectivity index (χ1) is 11.1. The Bertz CT molecular complexity index is 851. The molecule has 0 bridgehead atoms. The summed E-state index contributed by atoms with van der Waals surface area (Å²) in [5.74, 6) is -0.484. The van der Waals surface area contributed by atoms with Crippen LogP contribution >= 0.6 is 0 Å². The molecule has 0 fully saturated rings. The second-order valence-corrected chi connectivity index (χ2v) is 6.96. The van der Waals surface area contributed by atoms with Gasteiger partial charge in [0.1, 0.15) is 5.75 Å². The minimum atomic E-state index is -4.84. The zero-order valence-corrected chi connectivity index (χ0v) is 13.2. The second kappa shape index (κ2) is 6.53. The lowest BCUT2D eigenvalue weighted by atomic mass is 10.2. The van der Waals surface area contributed by atoms with Gasteiger partial charge in [0.05, 0.1) is 10.5 Å². The van der Waals surface area contributed by atoms with Gasteiger partial charge in [-0.25, -0.2) is 15.0 Å². The molecule has 4 nitrogen and oxygen atoms in total. The van der Waals surface area contributed by atoms with E-state index >= 15 is 0 Å². The Morgan fingerprint density at radius 3 is 2.04 bits per heavy atom. The summed E-state index contributed by atoms with van der Waals surface area (Å²) < 4.78 is 65.3. The molecule has 0 saturated carbocycles. The summed E-state index contributed by atoms with van der Waals surface area (Å²) in [5.41, 5.74) is 0.932. The summed E-state index contributed by atoms with van der Waals surface area (Å²) in [6.45, 7) is 8.97. The summed E-state index contributed by atoms with van der Waals surface area (Å²) in [6, 6.07) is 10.2. The molecular formula is C16H12F3NO3S. The van der Waals surface area contributed by atoms with Crippen LogP contribution in [0.15, 0.2) is 53.4 Å². The highest BCUT2D eigenvalue weighted by Gasteiger charge is 2.35. The monoisotopic (exact) mass is 355 g/mol. The van der Waals surface area contributed by atoms with Gasteiger partial charge < -0.3 is 4.74 Å². The first kappa shape index (κ1) is 17.8. The Labute approximate surface area is 137 Å². The molecule has 0 saturated heterocycles. The second-order valence-electron chi connectivity index (χ2n) is 4.96. The lowest BCUT2D eigenvalue weighted by Crippen LogP contribution is -2.17. The Balaban J connectivity index is 2.34. The van der Waals surface area contributed by atoms with Crippen molar-refractivity contribution >= 4 is 9.84 Å². The first-order valence-corrected chi connectivity index (χ1v) is 8.21. The van der Waals surface area contributed by atoms with E-state index in [1.54, 1.807) is 19.1 Å². The lowest BCUT2D eigenvalue weighted by molar-refractivity contribution is -0.274. The summed E-state index contributed by atoms with van der Waals surface area (Å²) in [5, 5.41) is -1.54. The molecule has 0 aliphatic heterocycles. The molecule has 0 aromatic heterocycles. The quantitative estimate of drug-likeness (QED) is 0.769. The Hall–Kier alpha value is -2.53. The fourth-order valence-electron chi connectivity index (χ4n) is 2.01. The van der Waals surface area contributed by atoms with Crippen LogP contribution in [0.1, 0.15) is 16.5 Å². The number of rotatable bonds is 4. The molecule has 1 atom stereocenters.